The van der Waals surface area contributed by atoms with E-state index < -0.39 is 18.0 Å². The van der Waals surface area contributed by atoms with Gasteiger partial charge < -0.3 is 5.32 Å². The molecule has 0 radical (unpaired) electrons. The van der Waals surface area contributed by atoms with Crippen LogP contribution in [0.2, 0.25) is 0 Å². The van der Waals surface area contributed by atoms with Crippen LogP contribution in [0.25, 0.3) is 22.5 Å². The van der Waals surface area contributed by atoms with E-state index in [2.05, 4.69) is 25.3 Å². The number of hydrogen-bond acceptors (Lipinski definition) is 5. The molecule has 0 aliphatic rings. The molecule has 0 amide bonds. The topological polar surface area (TPSA) is 63.6 Å². The molecule has 0 saturated heterocycles. The minimum atomic E-state index is -4.44. The lowest BCUT2D eigenvalue weighted by atomic mass is 10.1. The number of hydrogen-bond donors (Lipinski definition) is 1. The monoisotopic (exact) mass is 363 g/mol. The predicted octanol–water partition coefficient (Wildman–Crippen LogP) is 4.10. The quantitative estimate of drug-likeness (QED) is 0.707. The highest BCUT2D eigenvalue weighted by atomic mass is 19.4. The van der Waals surface area contributed by atoms with E-state index in [9.17, 15) is 17.6 Å². The van der Waals surface area contributed by atoms with Gasteiger partial charge in [0.15, 0.2) is 5.82 Å². The van der Waals surface area contributed by atoms with Crippen molar-refractivity contribution in [1.29, 1.82) is 0 Å². The third-order valence-electron chi connectivity index (χ3n) is 3.59. The summed E-state index contributed by atoms with van der Waals surface area (Å²) in [7, 11) is 0. The molecule has 134 valence electrons. The van der Waals surface area contributed by atoms with Gasteiger partial charge in [-0.3, -0.25) is 9.97 Å². The van der Waals surface area contributed by atoms with Crippen LogP contribution in [0.1, 0.15) is 6.92 Å². The number of anilines is 1. The van der Waals surface area contributed by atoms with E-state index in [0.717, 1.165) is 19.3 Å². The number of nitrogens with zero attached hydrogens (tertiary/aromatic N) is 4. The maximum atomic E-state index is 14.1. The zero-order valence-electron chi connectivity index (χ0n) is 13.5. The zero-order valence-corrected chi connectivity index (χ0v) is 13.5. The molecular weight excluding hydrogens is 350 g/mol. The summed E-state index contributed by atoms with van der Waals surface area (Å²) < 4.78 is 52.5. The van der Waals surface area contributed by atoms with Crippen molar-refractivity contribution in [3.8, 4) is 22.5 Å². The van der Waals surface area contributed by atoms with E-state index in [1.165, 1.54) is 24.7 Å². The summed E-state index contributed by atoms with van der Waals surface area (Å²) in [6.07, 6.45) is 2.14. The number of aromatic nitrogens is 4. The van der Waals surface area contributed by atoms with Gasteiger partial charge in [0.05, 0.1) is 18.1 Å². The van der Waals surface area contributed by atoms with E-state index in [0.29, 0.717) is 5.56 Å². The van der Waals surface area contributed by atoms with Gasteiger partial charge in [-0.15, -0.1) is 0 Å². The molecule has 3 heterocycles. The van der Waals surface area contributed by atoms with Crippen LogP contribution in [0.4, 0.5) is 23.4 Å². The molecule has 3 aromatic rings. The van der Waals surface area contributed by atoms with Gasteiger partial charge >= 0.3 is 6.18 Å². The van der Waals surface area contributed by atoms with E-state index >= 15 is 0 Å². The predicted molar refractivity (Wildman–Crippen MR) is 87.6 cm³/mol. The van der Waals surface area contributed by atoms with Crippen molar-refractivity contribution in [2.75, 3.05) is 5.32 Å². The summed E-state index contributed by atoms with van der Waals surface area (Å²) in [6.45, 7) is 0.974. The second kappa shape index (κ2) is 7.03. The maximum Gasteiger partial charge on any atom is 0.408 e. The van der Waals surface area contributed by atoms with Gasteiger partial charge in [-0.1, -0.05) is 0 Å². The van der Waals surface area contributed by atoms with Gasteiger partial charge in [-0.05, 0) is 25.1 Å². The number of nitrogens with one attached hydrogen (secondary N) is 1. The summed E-state index contributed by atoms with van der Waals surface area (Å²) in [5, 5.41) is 2.26. The Labute approximate surface area is 146 Å². The third kappa shape index (κ3) is 3.76. The Morgan fingerprint density at radius 3 is 2.42 bits per heavy atom. The molecule has 3 rings (SSSR count). The van der Waals surface area contributed by atoms with Gasteiger partial charge in [0, 0.05) is 29.7 Å². The van der Waals surface area contributed by atoms with Crippen LogP contribution < -0.4 is 5.32 Å². The van der Waals surface area contributed by atoms with Crippen LogP contribution in [0.5, 0.6) is 0 Å². The van der Waals surface area contributed by atoms with Crippen LogP contribution in [-0.2, 0) is 0 Å². The summed E-state index contributed by atoms with van der Waals surface area (Å²) in [5.41, 5.74) is 1.03. The smallest absolute Gasteiger partial charge is 0.358 e. The van der Waals surface area contributed by atoms with Crippen molar-refractivity contribution in [1.82, 2.24) is 19.9 Å². The molecule has 0 aliphatic heterocycles. The minimum Gasteiger partial charge on any atom is -0.358 e. The molecule has 0 aliphatic carbocycles. The Morgan fingerprint density at radius 1 is 1.00 bits per heavy atom. The van der Waals surface area contributed by atoms with Gasteiger partial charge in [-0.25, -0.2) is 14.4 Å². The summed E-state index contributed by atoms with van der Waals surface area (Å²) >= 11 is 0. The van der Waals surface area contributed by atoms with Crippen LogP contribution >= 0.6 is 0 Å². The first-order valence-corrected chi connectivity index (χ1v) is 7.57. The van der Waals surface area contributed by atoms with Gasteiger partial charge in [0.1, 0.15) is 17.6 Å². The fourth-order valence-corrected chi connectivity index (χ4v) is 2.23. The Hall–Kier alpha value is -3.10. The Morgan fingerprint density at radius 2 is 1.77 bits per heavy atom. The Balaban J connectivity index is 2.10. The first-order chi connectivity index (χ1) is 12.4. The van der Waals surface area contributed by atoms with Gasteiger partial charge in [0.25, 0.3) is 0 Å². The van der Waals surface area contributed by atoms with Crippen molar-refractivity contribution in [2.45, 2.75) is 19.1 Å². The molecule has 5 nitrogen and oxygen atoms in total. The fourth-order valence-electron chi connectivity index (χ4n) is 2.23. The highest BCUT2D eigenvalue weighted by Gasteiger charge is 2.36. The molecule has 0 fully saturated rings. The van der Waals surface area contributed by atoms with Gasteiger partial charge in [0.2, 0.25) is 0 Å². The first kappa shape index (κ1) is 17.7. The average Bonchev–Trinajstić information content (AvgIpc) is 2.62. The number of halogens is 4. The van der Waals surface area contributed by atoms with Crippen LogP contribution in [0.3, 0.4) is 0 Å². The molecule has 0 bridgehead atoms. The third-order valence-corrected chi connectivity index (χ3v) is 3.59. The summed E-state index contributed by atoms with van der Waals surface area (Å²) in [5.74, 6) is -0.691. The molecule has 9 heteroatoms. The molecule has 1 N–H and O–H groups in total. The van der Waals surface area contributed by atoms with E-state index in [4.69, 9.17) is 0 Å². The number of rotatable bonds is 4. The largest absolute Gasteiger partial charge is 0.408 e. The van der Waals surface area contributed by atoms with Gasteiger partial charge in [-0.2, -0.15) is 13.2 Å². The lowest BCUT2D eigenvalue weighted by Gasteiger charge is -2.18. The van der Waals surface area contributed by atoms with Crippen molar-refractivity contribution in [3.05, 3.63) is 55.0 Å². The number of alkyl halides is 3. The molecule has 0 spiro atoms. The molecule has 26 heavy (non-hydrogen) atoms. The highest BCUT2D eigenvalue weighted by Crippen LogP contribution is 2.31. The molecule has 1 atom stereocenters. The molecule has 0 aromatic carbocycles. The highest BCUT2D eigenvalue weighted by molar-refractivity contribution is 5.78. The molecular formula is C17H13F4N5. The van der Waals surface area contributed by atoms with Crippen LogP contribution in [0.15, 0.2) is 49.2 Å². The van der Waals surface area contributed by atoms with Crippen molar-refractivity contribution >= 4 is 5.82 Å². The Kier molecular flexibility index (Phi) is 4.79. The summed E-state index contributed by atoms with van der Waals surface area (Å²) in [6, 6.07) is 2.91. The average molecular weight is 363 g/mol. The molecule has 0 saturated carbocycles. The Bertz CT molecular complexity index is 899. The van der Waals surface area contributed by atoms with E-state index in [1.54, 1.807) is 12.1 Å². The van der Waals surface area contributed by atoms with E-state index in [1.807, 2.05) is 0 Å². The summed E-state index contributed by atoms with van der Waals surface area (Å²) in [4.78, 5) is 16.0. The lowest BCUT2D eigenvalue weighted by molar-refractivity contribution is -0.138. The van der Waals surface area contributed by atoms with Crippen LogP contribution in [-0.4, -0.2) is 32.2 Å². The number of pyridine rings is 2. The molecule has 3 aromatic heterocycles. The SMILES string of the molecule is CC(Nc1cnc(-c2ccncc2F)c(-c2cccnc2)n1)C(F)(F)F. The van der Waals surface area contributed by atoms with Crippen molar-refractivity contribution < 1.29 is 17.6 Å². The van der Waals surface area contributed by atoms with Crippen molar-refractivity contribution in [2.24, 2.45) is 0 Å². The normalized spacial score (nSPS) is 12.7. The minimum absolute atomic E-state index is 0.0770. The first-order valence-electron chi connectivity index (χ1n) is 7.57. The second-order valence-corrected chi connectivity index (χ2v) is 5.46. The second-order valence-electron chi connectivity index (χ2n) is 5.46. The molecule has 1 unspecified atom stereocenters. The fraction of sp³-hybridized carbons (Fsp3) is 0.176. The standard InChI is InChI=1S/C17H13F4N5/c1-10(17(19,20)21)25-14-9-24-16(12-4-6-23-8-13(12)18)15(26-14)11-3-2-5-22-7-11/h2-10H,1H3,(H,25,26). The van der Waals surface area contributed by atoms with E-state index in [-0.39, 0.29) is 22.8 Å². The van der Waals surface area contributed by atoms with Crippen molar-refractivity contribution in [3.63, 3.8) is 0 Å². The van der Waals surface area contributed by atoms with Crippen LogP contribution in [0, 0.1) is 5.82 Å². The lowest BCUT2D eigenvalue weighted by Crippen LogP contribution is -2.33. The maximum absolute atomic E-state index is 14.1. The zero-order chi connectivity index (χ0) is 18.7.